The monoisotopic (exact) mass is 329 g/mol. The summed E-state index contributed by atoms with van der Waals surface area (Å²) in [5.74, 6) is -4.49. The average molecular weight is 329 g/mol. The fourth-order valence-corrected chi connectivity index (χ4v) is 1.85. The standard InChI is InChI=1S/C14H19NO8/c1-4-6-9(17)21-11-12(22-10(18)7-5-2)14(20)15(13(11)19)23-8(3)16/h11-12H,4-7H2,1-3H3. The highest BCUT2D eigenvalue weighted by molar-refractivity contribution is 6.08. The van der Waals surface area contributed by atoms with Gasteiger partial charge in [0.1, 0.15) is 0 Å². The van der Waals surface area contributed by atoms with Crippen LogP contribution in [0.5, 0.6) is 0 Å². The molecule has 0 bridgehead atoms. The summed E-state index contributed by atoms with van der Waals surface area (Å²) >= 11 is 0. The van der Waals surface area contributed by atoms with E-state index in [1.807, 2.05) is 0 Å². The number of rotatable bonds is 7. The number of amides is 2. The van der Waals surface area contributed by atoms with E-state index >= 15 is 0 Å². The van der Waals surface area contributed by atoms with Gasteiger partial charge in [-0.05, 0) is 12.8 Å². The molecule has 1 rings (SSSR count). The van der Waals surface area contributed by atoms with Gasteiger partial charge in [-0.1, -0.05) is 18.9 Å². The Balaban J connectivity index is 2.96. The molecule has 128 valence electrons. The molecule has 0 aliphatic carbocycles. The smallest absolute Gasteiger partial charge is 0.330 e. The van der Waals surface area contributed by atoms with Gasteiger partial charge in [0.15, 0.2) is 0 Å². The van der Waals surface area contributed by atoms with Crippen molar-refractivity contribution in [2.75, 3.05) is 0 Å². The first-order valence-electron chi connectivity index (χ1n) is 7.27. The van der Waals surface area contributed by atoms with Crippen molar-refractivity contribution in [1.82, 2.24) is 5.06 Å². The van der Waals surface area contributed by atoms with E-state index in [1.165, 1.54) is 0 Å². The van der Waals surface area contributed by atoms with Crippen LogP contribution in [0.3, 0.4) is 0 Å². The largest absolute Gasteiger partial charge is 0.447 e. The van der Waals surface area contributed by atoms with Crippen molar-refractivity contribution in [2.45, 2.75) is 58.7 Å². The Kier molecular flexibility index (Phi) is 6.67. The lowest BCUT2D eigenvalue weighted by Gasteiger charge is -2.16. The van der Waals surface area contributed by atoms with E-state index < -0.39 is 41.9 Å². The van der Waals surface area contributed by atoms with Crippen molar-refractivity contribution >= 4 is 29.7 Å². The summed E-state index contributed by atoms with van der Waals surface area (Å²) in [7, 11) is 0. The molecular formula is C14H19NO8. The first-order chi connectivity index (χ1) is 10.8. The van der Waals surface area contributed by atoms with Crippen molar-refractivity contribution in [1.29, 1.82) is 0 Å². The third-order valence-electron chi connectivity index (χ3n) is 2.81. The highest BCUT2D eigenvalue weighted by atomic mass is 16.7. The maximum atomic E-state index is 12.1. The molecule has 0 aromatic heterocycles. The number of hydroxylamine groups is 2. The van der Waals surface area contributed by atoms with Crippen LogP contribution in [0.4, 0.5) is 0 Å². The fraction of sp³-hybridized carbons (Fsp3) is 0.643. The third-order valence-corrected chi connectivity index (χ3v) is 2.81. The Labute approximate surface area is 132 Å². The van der Waals surface area contributed by atoms with Crippen LogP contribution in [0.1, 0.15) is 46.5 Å². The number of carbonyl (C=O) groups is 5. The van der Waals surface area contributed by atoms with Gasteiger partial charge in [-0.3, -0.25) is 19.2 Å². The molecule has 1 fully saturated rings. The molecule has 2 atom stereocenters. The summed E-state index contributed by atoms with van der Waals surface area (Å²) in [6.45, 7) is 4.45. The van der Waals surface area contributed by atoms with Crippen LogP contribution in [0, 0.1) is 0 Å². The van der Waals surface area contributed by atoms with Crippen molar-refractivity contribution in [3.05, 3.63) is 0 Å². The predicted molar refractivity (Wildman–Crippen MR) is 73.2 cm³/mol. The van der Waals surface area contributed by atoms with E-state index in [-0.39, 0.29) is 17.9 Å². The molecular weight excluding hydrogens is 310 g/mol. The number of nitrogens with zero attached hydrogens (tertiary/aromatic N) is 1. The summed E-state index contributed by atoms with van der Waals surface area (Å²) in [5, 5.41) is 0.163. The van der Waals surface area contributed by atoms with E-state index in [0.717, 1.165) is 6.92 Å². The molecule has 0 N–H and O–H groups in total. The van der Waals surface area contributed by atoms with E-state index in [1.54, 1.807) is 13.8 Å². The number of esters is 2. The molecule has 0 saturated carbocycles. The SMILES string of the molecule is CCCC(=O)OC1C(=O)N(OC(C)=O)C(=O)C1OC(=O)CCC. The van der Waals surface area contributed by atoms with E-state index in [0.29, 0.717) is 12.8 Å². The first kappa shape index (κ1) is 18.6. The molecule has 2 unspecified atom stereocenters. The summed E-state index contributed by atoms with van der Waals surface area (Å²) in [4.78, 5) is 62.8. The van der Waals surface area contributed by atoms with Gasteiger partial charge in [-0.2, -0.15) is 0 Å². The Morgan fingerprint density at radius 2 is 1.30 bits per heavy atom. The van der Waals surface area contributed by atoms with Crippen LogP contribution in [0.25, 0.3) is 0 Å². The van der Waals surface area contributed by atoms with Crippen molar-refractivity contribution < 1.29 is 38.3 Å². The van der Waals surface area contributed by atoms with Crippen LogP contribution < -0.4 is 0 Å². The Hall–Kier alpha value is -2.45. The zero-order chi connectivity index (χ0) is 17.6. The molecule has 0 radical (unpaired) electrons. The second kappa shape index (κ2) is 8.25. The van der Waals surface area contributed by atoms with Crippen molar-refractivity contribution in [3.63, 3.8) is 0 Å². The average Bonchev–Trinajstić information content (AvgIpc) is 2.65. The Morgan fingerprint density at radius 1 is 0.913 bits per heavy atom. The molecule has 1 aliphatic rings. The quantitative estimate of drug-likeness (QED) is 0.482. The molecule has 1 heterocycles. The lowest BCUT2D eigenvalue weighted by Crippen LogP contribution is -2.37. The van der Waals surface area contributed by atoms with E-state index in [9.17, 15) is 24.0 Å². The molecule has 0 aromatic rings. The summed E-state index contributed by atoms with van der Waals surface area (Å²) < 4.78 is 9.84. The maximum Gasteiger partial charge on any atom is 0.330 e. The zero-order valence-electron chi connectivity index (χ0n) is 13.2. The summed E-state index contributed by atoms with van der Waals surface area (Å²) in [6.07, 6.45) is -2.30. The van der Waals surface area contributed by atoms with Gasteiger partial charge >= 0.3 is 29.7 Å². The van der Waals surface area contributed by atoms with Gasteiger partial charge in [0, 0.05) is 19.8 Å². The molecule has 2 amide bonds. The van der Waals surface area contributed by atoms with Crippen LogP contribution in [-0.4, -0.2) is 47.0 Å². The van der Waals surface area contributed by atoms with Crippen LogP contribution in [-0.2, 0) is 38.3 Å². The molecule has 0 aromatic carbocycles. The van der Waals surface area contributed by atoms with Crippen LogP contribution in [0.15, 0.2) is 0 Å². The van der Waals surface area contributed by atoms with Gasteiger partial charge in [-0.25, -0.2) is 4.79 Å². The van der Waals surface area contributed by atoms with E-state index in [4.69, 9.17) is 9.47 Å². The molecule has 1 saturated heterocycles. The second-order valence-corrected chi connectivity index (χ2v) is 4.87. The maximum absolute atomic E-state index is 12.1. The zero-order valence-corrected chi connectivity index (χ0v) is 13.2. The predicted octanol–water partition coefficient (Wildman–Crippen LogP) is 0.257. The normalized spacial score (nSPS) is 20.4. The number of imide groups is 1. The van der Waals surface area contributed by atoms with E-state index in [2.05, 4.69) is 4.84 Å². The van der Waals surface area contributed by atoms with Gasteiger partial charge in [0.2, 0.25) is 12.2 Å². The van der Waals surface area contributed by atoms with Gasteiger partial charge in [0.05, 0.1) is 0 Å². The van der Waals surface area contributed by atoms with Gasteiger partial charge in [0.25, 0.3) is 0 Å². The van der Waals surface area contributed by atoms with Crippen molar-refractivity contribution in [2.24, 2.45) is 0 Å². The molecule has 23 heavy (non-hydrogen) atoms. The first-order valence-corrected chi connectivity index (χ1v) is 7.27. The van der Waals surface area contributed by atoms with Gasteiger partial charge in [-0.15, -0.1) is 0 Å². The van der Waals surface area contributed by atoms with Crippen molar-refractivity contribution in [3.8, 4) is 0 Å². The molecule has 1 aliphatic heterocycles. The highest BCUT2D eigenvalue weighted by Crippen LogP contribution is 2.22. The Morgan fingerprint density at radius 3 is 1.61 bits per heavy atom. The lowest BCUT2D eigenvalue weighted by molar-refractivity contribution is -0.198. The molecule has 0 spiro atoms. The van der Waals surface area contributed by atoms with Crippen LogP contribution in [0.2, 0.25) is 0 Å². The minimum Gasteiger partial charge on any atom is -0.447 e. The molecule has 9 nitrogen and oxygen atoms in total. The topological polar surface area (TPSA) is 116 Å². The number of carbonyl (C=O) groups excluding carboxylic acids is 5. The highest BCUT2D eigenvalue weighted by Gasteiger charge is 2.55. The fourth-order valence-electron chi connectivity index (χ4n) is 1.85. The van der Waals surface area contributed by atoms with Gasteiger partial charge < -0.3 is 14.3 Å². The minimum absolute atomic E-state index is 0.0289. The third kappa shape index (κ3) is 4.76. The number of hydrogen-bond donors (Lipinski definition) is 0. The second-order valence-electron chi connectivity index (χ2n) is 4.87. The Bertz CT molecular complexity index is 477. The lowest BCUT2D eigenvalue weighted by atomic mass is 10.2. The summed E-state index contributed by atoms with van der Waals surface area (Å²) in [6, 6.07) is 0. The summed E-state index contributed by atoms with van der Waals surface area (Å²) in [5.41, 5.74) is 0. The molecule has 9 heteroatoms. The number of hydrogen-bond acceptors (Lipinski definition) is 8. The number of ether oxygens (including phenoxy) is 2. The van der Waals surface area contributed by atoms with Crippen LogP contribution >= 0.6 is 0 Å². The minimum atomic E-state index is -1.65.